The number of carbonyl (C=O) groups is 1. The van der Waals surface area contributed by atoms with E-state index in [1.54, 1.807) is 0 Å². The molecule has 0 heterocycles. The molecule has 246 valence electrons. The van der Waals surface area contributed by atoms with Gasteiger partial charge < -0.3 is 14.8 Å². The van der Waals surface area contributed by atoms with Gasteiger partial charge in [0.05, 0.1) is 0 Å². The van der Waals surface area contributed by atoms with E-state index >= 15 is 0 Å². The fourth-order valence-electron chi connectivity index (χ4n) is 6.18. The van der Waals surface area contributed by atoms with Crippen LogP contribution >= 0.6 is 0 Å². The molecule has 0 aromatic heterocycles. The Bertz CT molecular complexity index is 469. The van der Waals surface area contributed by atoms with E-state index in [0.717, 1.165) is 25.8 Å². The molecule has 0 atom stereocenters. The van der Waals surface area contributed by atoms with Crippen LogP contribution in [0.1, 0.15) is 219 Å². The largest absolute Gasteiger partial charge is 1.00 e. The van der Waals surface area contributed by atoms with Gasteiger partial charge in [0.25, 0.3) is 0 Å². The van der Waals surface area contributed by atoms with Gasteiger partial charge in [0.15, 0.2) is 0 Å². The summed E-state index contributed by atoms with van der Waals surface area (Å²) in [5, 5.41) is 10.7. The molecule has 42 heavy (non-hydrogen) atoms. The van der Waals surface area contributed by atoms with Gasteiger partial charge in [-0.25, -0.2) is 0 Å². The zero-order valence-corrected chi connectivity index (χ0v) is 31.5. The first-order valence-corrected chi connectivity index (χ1v) is 19.1. The van der Waals surface area contributed by atoms with Gasteiger partial charge in [0.2, 0.25) is 0 Å². The molecule has 0 aliphatic rings. The van der Waals surface area contributed by atoms with Crippen LogP contribution in [0, 0.1) is 0 Å². The van der Waals surface area contributed by atoms with Crippen LogP contribution in [0.4, 0.5) is 0 Å². The van der Waals surface area contributed by atoms with Gasteiger partial charge in [0, 0.05) is 5.97 Å². The topological polar surface area (TPSA) is 43.4 Å². The molecule has 0 fully saturated rings. The summed E-state index contributed by atoms with van der Waals surface area (Å²) in [7, 11) is 0. The van der Waals surface area contributed by atoms with Crippen LogP contribution in [-0.4, -0.2) is 30.5 Å². The fourth-order valence-corrected chi connectivity index (χ4v) is 6.18. The number of carbonyl (C=O) groups excluding carboxylic acids is 1. The summed E-state index contributed by atoms with van der Waals surface area (Å²) in [4.78, 5) is 13.4. The standard InChI is InChI=1S/C38H77NO2.Na/c1-3-5-7-9-11-13-15-17-19-21-23-25-27-31-35-39(37-33-29-30-34-38(40)41)36-32-28-26-24-22-20-18-16-14-12-10-8-6-4-2;/h3-37H2,1-2H3,(H,40,41);/q;+1/p-1. The first-order valence-electron chi connectivity index (χ1n) is 19.1. The molecule has 0 amide bonds. The maximum absolute atomic E-state index is 10.7. The van der Waals surface area contributed by atoms with Crippen molar-refractivity contribution in [3.8, 4) is 0 Å². The van der Waals surface area contributed by atoms with E-state index in [-0.39, 0.29) is 36.0 Å². The summed E-state index contributed by atoms with van der Waals surface area (Å²) < 4.78 is 0. The molecule has 4 heteroatoms. The summed E-state index contributed by atoms with van der Waals surface area (Å²) in [5.74, 6) is -0.897. The molecule has 0 N–H and O–H groups in total. The minimum absolute atomic E-state index is 0. The Hall–Kier alpha value is 0.430. The smallest absolute Gasteiger partial charge is 0.550 e. The van der Waals surface area contributed by atoms with Gasteiger partial charge in [-0.15, -0.1) is 0 Å². The Labute approximate surface area is 287 Å². The Morgan fingerprint density at radius 2 is 0.595 bits per heavy atom. The average Bonchev–Trinajstić information content (AvgIpc) is 2.96. The normalized spacial score (nSPS) is 11.3. The summed E-state index contributed by atoms with van der Waals surface area (Å²) in [5.41, 5.74) is 0. The van der Waals surface area contributed by atoms with Gasteiger partial charge in [-0.2, -0.15) is 0 Å². The van der Waals surface area contributed by atoms with Crippen molar-refractivity contribution in [3.05, 3.63) is 0 Å². The SMILES string of the molecule is CCCCCCCCCCCCCCCCN(CCCCCCCCCCCCCCCC)CCCCCC(=O)[O-].[Na+]. The second-order valence-corrected chi connectivity index (χ2v) is 13.2. The third-order valence-corrected chi connectivity index (χ3v) is 9.01. The van der Waals surface area contributed by atoms with E-state index < -0.39 is 5.97 Å². The molecule has 0 spiro atoms. The van der Waals surface area contributed by atoms with Gasteiger partial charge in [-0.05, 0) is 51.7 Å². The second kappa shape index (κ2) is 39.5. The quantitative estimate of drug-likeness (QED) is 0.0534. The Kier molecular flexibility index (Phi) is 41.9. The number of hydrogen-bond acceptors (Lipinski definition) is 3. The van der Waals surface area contributed by atoms with Gasteiger partial charge in [0.1, 0.15) is 0 Å². The summed E-state index contributed by atoms with van der Waals surface area (Å²) in [6.45, 7) is 8.20. The monoisotopic (exact) mass is 602 g/mol. The molecule has 0 radical (unpaired) electrons. The second-order valence-electron chi connectivity index (χ2n) is 13.2. The van der Waals surface area contributed by atoms with Crippen molar-refractivity contribution in [3.63, 3.8) is 0 Å². The van der Waals surface area contributed by atoms with Crippen LogP contribution < -0.4 is 34.7 Å². The number of unbranched alkanes of at least 4 members (excludes halogenated alkanes) is 28. The molecule has 0 aliphatic heterocycles. The maximum Gasteiger partial charge on any atom is 1.00 e. The molecule has 3 nitrogen and oxygen atoms in total. The molecular formula is C38H76NNaO2. The molecule has 0 bridgehead atoms. The minimum atomic E-state index is -0.897. The summed E-state index contributed by atoms with van der Waals surface area (Å²) in [6, 6.07) is 0. The van der Waals surface area contributed by atoms with Crippen molar-refractivity contribution in [2.24, 2.45) is 0 Å². The van der Waals surface area contributed by atoms with Crippen LogP contribution in [0.15, 0.2) is 0 Å². The Morgan fingerprint density at radius 1 is 0.381 bits per heavy atom. The maximum atomic E-state index is 10.7. The van der Waals surface area contributed by atoms with Gasteiger partial charge in [-0.1, -0.05) is 187 Å². The Morgan fingerprint density at radius 3 is 0.833 bits per heavy atom. The van der Waals surface area contributed by atoms with E-state index in [9.17, 15) is 9.90 Å². The molecule has 0 aromatic rings. The van der Waals surface area contributed by atoms with Crippen molar-refractivity contribution in [2.75, 3.05) is 19.6 Å². The minimum Gasteiger partial charge on any atom is -0.550 e. The van der Waals surface area contributed by atoms with Crippen molar-refractivity contribution in [1.29, 1.82) is 0 Å². The Balaban J connectivity index is 0. The van der Waals surface area contributed by atoms with Crippen LogP contribution in [-0.2, 0) is 4.79 Å². The number of hydrogen-bond donors (Lipinski definition) is 0. The molecule has 0 unspecified atom stereocenters. The number of carboxylic acids is 1. The fraction of sp³-hybridized carbons (Fsp3) is 0.974. The van der Waals surface area contributed by atoms with E-state index in [1.807, 2.05) is 0 Å². The van der Waals surface area contributed by atoms with E-state index in [2.05, 4.69) is 18.7 Å². The van der Waals surface area contributed by atoms with Crippen molar-refractivity contribution in [1.82, 2.24) is 4.90 Å². The van der Waals surface area contributed by atoms with Crippen LogP contribution in [0.5, 0.6) is 0 Å². The van der Waals surface area contributed by atoms with E-state index in [0.29, 0.717) is 0 Å². The average molecular weight is 602 g/mol. The summed E-state index contributed by atoms with van der Waals surface area (Å²) in [6.07, 6.45) is 42.8. The van der Waals surface area contributed by atoms with Gasteiger partial charge in [-0.3, -0.25) is 0 Å². The van der Waals surface area contributed by atoms with E-state index in [4.69, 9.17) is 0 Å². The number of nitrogens with zero attached hydrogens (tertiary/aromatic N) is 1. The van der Waals surface area contributed by atoms with E-state index in [1.165, 1.54) is 193 Å². The first-order chi connectivity index (χ1) is 20.2. The van der Waals surface area contributed by atoms with Crippen LogP contribution in [0.3, 0.4) is 0 Å². The predicted molar refractivity (Wildman–Crippen MR) is 181 cm³/mol. The van der Waals surface area contributed by atoms with Crippen molar-refractivity contribution in [2.45, 2.75) is 219 Å². The van der Waals surface area contributed by atoms with Crippen molar-refractivity contribution >= 4 is 5.97 Å². The molecule has 0 saturated heterocycles. The molecule has 0 aromatic carbocycles. The zero-order chi connectivity index (χ0) is 29.9. The van der Waals surface area contributed by atoms with Crippen molar-refractivity contribution < 1.29 is 39.5 Å². The predicted octanol–water partition coefficient (Wildman–Crippen LogP) is 8.57. The number of aliphatic carboxylic acids is 1. The molecule has 0 saturated carbocycles. The molecule has 0 rings (SSSR count). The van der Waals surface area contributed by atoms with Crippen LogP contribution in [0.25, 0.3) is 0 Å². The van der Waals surface area contributed by atoms with Crippen LogP contribution in [0.2, 0.25) is 0 Å². The first kappa shape index (κ1) is 44.6. The summed E-state index contributed by atoms with van der Waals surface area (Å²) >= 11 is 0. The molecule has 0 aliphatic carbocycles. The zero-order valence-electron chi connectivity index (χ0n) is 29.5. The number of rotatable bonds is 36. The number of carboxylic acid groups (broad SMARTS) is 1. The third kappa shape index (κ3) is 38.5. The van der Waals surface area contributed by atoms with Gasteiger partial charge >= 0.3 is 29.6 Å². The third-order valence-electron chi connectivity index (χ3n) is 9.01. The molecular weight excluding hydrogens is 525 g/mol.